The lowest BCUT2D eigenvalue weighted by atomic mass is 9.48. The van der Waals surface area contributed by atoms with Gasteiger partial charge in [0.05, 0.1) is 24.0 Å². The van der Waals surface area contributed by atoms with E-state index in [1.807, 2.05) is 36.4 Å². The van der Waals surface area contributed by atoms with Gasteiger partial charge in [-0.1, -0.05) is 29.7 Å². The van der Waals surface area contributed by atoms with Crippen LogP contribution in [0.2, 0.25) is 0 Å². The average molecular weight is 463 g/mol. The van der Waals surface area contributed by atoms with Crippen LogP contribution in [0.5, 0.6) is 5.75 Å². The summed E-state index contributed by atoms with van der Waals surface area (Å²) in [6.07, 6.45) is 10.8. The van der Waals surface area contributed by atoms with E-state index in [0.29, 0.717) is 11.3 Å². The Morgan fingerprint density at radius 3 is 2.23 bits per heavy atom. The molecule has 1 amide bonds. The number of phenolic OH excluding ortho intramolecular Hbond substituents is 1. The fourth-order valence-corrected chi connectivity index (χ4v) is 7.29. The maximum atomic E-state index is 12.9. The summed E-state index contributed by atoms with van der Waals surface area (Å²) in [6, 6.07) is 14.4. The highest BCUT2D eigenvalue weighted by molar-refractivity contribution is 6.32. The Hall–Kier alpha value is -3.15. The largest absolute Gasteiger partial charge is 0.508 e. The van der Waals surface area contributed by atoms with Crippen molar-refractivity contribution in [2.45, 2.75) is 51.4 Å². The molecule has 1 heterocycles. The van der Waals surface area contributed by atoms with E-state index in [1.165, 1.54) is 38.5 Å². The first kappa shape index (κ1) is 22.3. The van der Waals surface area contributed by atoms with Gasteiger partial charge in [0.1, 0.15) is 13.6 Å². The molecule has 3 aromatic rings. The zero-order valence-corrected chi connectivity index (χ0v) is 19.9. The van der Waals surface area contributed by atoms with E-state index in [4.69, 9.17) is 17.8 Å². The van der Waals surface area contributed by atoms with Gasteiger partial charge in [-0.25, -0.2) is 9.97 Å². The van der Waals surface area contributed by atoms with Crippen LogP contribution in [0, 0.1) is 23.2 Å². The van der Waals surface area contributed by atoms with Crippen molar-refractivity contribution in [3.63, 3.8) is 0 Å². The van der Waals surface area contributed by atoms with Gasteiger partial charge in [-0.2, -0.15) is 0 Å². The molecule has 35 heavy (non-hydrogen) atoms. The van der Waals surface area contributed by atoms with E-state index in [1.54, 1.807) is 18.3 Å². The number of carbonyl (C=O) groups is 1. The number of aromatic hydroxyl groups is 1. The summed E-state index contributed by atoms with van der Waals surface area (Å²) in [7, 11) is 5.78. The molecule has 176 valence electrons. The summed E-state index contributed by atoms with van der Waals surface area (Å²) in [6.45, 7) is 0. The van der Waals surface area contributed by atoms with E-state index >= 15 is 0 Å². The molecule has 1 aromatic heterocycles. The Labute approximate surface area is 207 Å². The average Bonchev–Trinajstić information content (AvgIpc) is 2.81. The third kappa shape index (κ3) is 4.71. The Balaban J connectivity index is 1.29. The highest BCUT2D eigenvalue weighted by atomic mass is 16.3. The first-order chi connectivity index (χ1) is 16.9. The summed E-state index contributed by atoms with van der Waals surface area (Å²) in [4.78, 5) is 22.7. The number of benzene rings is 2. The van der Waals surface area contributed by atoms with Gasteiger partial charge in [0.25, 0.3) is 0 Å². The van der Waals surface area contributed by atoms with Crippen molar-refractivity contribution >= 4 is 25.0 Å². The number of amides is 1. The molecule has 4 saturated carbocycles. The van der Waals surface area contributed by atoms with Crippen molar-refractivity contribution in [1.29, 1.82) is 0 Å². The number of hydrogen-bond acceptors (Lipinski definition) is 4. The third-order valence-electron chi connectivity index (χ3n) is 8.32. The lowest BCUT2D eigenvalue weighted by Gasteiger charge is -2.57. The maximum Gasteiger partial charge on any atom is 0.229 e. The first-order valence-electron chi connectivity index (χ1n) is 12.7. The maximum absolute atomic E-state index is 12.9. The van der Waals surface area contributed by atoms with Crippen LogP contribution in [0.15, 0.2) is 54.7 Å². The molecule has 4 fully saturated rings. The fraction of sp³-hybridized carbons (Fsp3) is 0.414. The number of rotatable bonds is 6. The summed E-state index contributed by atoms with van der Waals surface area (Å²) in [5, 5.41) is 12.7. The number of nitrogens with zero attached hydrogens (tertiary/aromatic N) is 2. The van der Waals surface area contributed by atoms with Crippen LogP contribution in [-0.4, -0.2) is 28.8 Å². The van der Waals surface area contributed by atoms with Crippen molar-refractivity contribution in [2.75, 3.05) is 5.32 Å². The molecule has 2 N–H and O–H groups in total. The summed E-state index contributed by atoms with van der Waals surface area (Å²) >= 11 is 0. The lowest BCUT2D eigenvalue weighted by Crippen LogP contribution is -2.47. The zero-order chi connectivity index (χ0) is 24.0. The number of hydrogen-bond donors (Lipinski definition) is 2. The molecule has 0 aliphatic heterocycles. The zero-order valence-electron chi connectivity index (χ0n) is 19.9. The van der Waals surface area contributed by atoms with E-state index in [9.17, 15) is 9.90 Å². The topological polar surface area (TPSA) is 75.1 Å². The summed E-state index contributed by atoms with van der Waals surface area (Å²) < 4.78 is 0. The quantitative estimate of drug-likeness (QED) is 0.525. The predicted octanol–water partition coefficient (Wildman–Crippen LogP) is 4.58. The van der Waals surface area contributed by atoms with E-state index in [2.05, 4.69) is 5.32 Å². The highest BCUT2D eigenvalue weighted by Crippen LogP contribution is 2.61. The van der Waals surface area contributed by atoms with Gasteiger partial charge in [0, 0.05) is 5.56 Å². The molecule has 7 rings (SSSR count). The van der Waals surface area contributed by atoms with Gasteiger partial charge in [-0.05, 0) is 97.9 Å². The summed E-state index contributed by atoms with van der Waals surface area (Å²) in [5.41, 5.74) is 4.41. The Morgan fingerprint density at radius 2 is 1.60 bits per heavy atom. The van der Waals surface area contributed by atoms with E-state index in [-0.39, 0.29) is 23.5 Å². The van der Waals surface area contributed by atoms with Crippen molar-refractivity contribution < 1.29 is 9.90 Å². The minimum atomic E-state index is -0.104. The van der Waals surface area contributed by atoms with Crippen molar-refractivity contribution in [1.82, 2.24) is 9.97 Å². The van der Waals surface area contributed by atoms with Crippen LogP contribution in [0.25, 0.3) is 11.3 Å². The number of aromatic nitrogens is 2. The molecular weight excluding hydrogens is 433 g/mol. The Morgan fingerprint density at radius 1 is 0.971 bits per heavy atom. The predicted molar refractivity (Wildman–Crippen MR) is 138 cm³/mol. The summed E-state index contributed by atoms with van der Waals surface area (Å²) in [5.74, 6) is 3.23. The van der Waals surface area contributed by atoms with E-state index < -0.39 is 0 Å². The molecule has 2 radical (unpaired) electrons. The molecule has 4 aliphatic carbocycles. The number of nitrogens with one attached hydrogen (secondary N) is 1. The van der Waals surface area contributed by atoms with Gasteiger partial charge < -0.3 is 10.4 Å². The molecule has 0 atom stereocenters. The Kier molecular flexibility index (Phi) is 5.62. The highest BCUT2D eigenvalue weighted by Gasteiger charge is 2.51. The Bertz CT molecular complexity index is 1200. The van der Waals surface area contributed by atoms with Gasteiger partial charge in [-0.15, -0.1) is 0 Å². The second kappa shape index (κ2) is 8.82. The minimum Gasteiger partial charge on any atom is -0.508 e. The van der Waals surface area contributed by atoms with Crippen molar-refractivity contribution in [2.24, 2.45) is 23.2 Å². The van der Waals surface area contributed by atoms with Crippen LogP contribution in [-0.2, 0) is 17.6 Å². The second-order valence-electron chi connectivity index (χ2n) is 11.2. The van der Waals surface area contributed by atoms with Gasteiger partial charge in [-0.3, -0.25) is 4.79 Å². The molecule has 4 bridgehead atoms. The first-order valence-corrected chi connectivity index (χ1v) is 12.7. The van der Waals surface area contributed by atoms with Crippen LogP contribution < -0.4 is 10.8 Å². The van der Waals surface area contributed by atoms with Crippen LogP contribution in [0.1, 0.15) is 49.8 Å². The van der Waals surface area contributed by atoms with Crippen molar-refractivity contribution in [3.8, 4) is 17.0 Å². The van der Waals surface area contributed by atoms with Crippen LogP contribution >= 0.6 is 0 Å². The number of anilines is 1. The van der Waals surface area contributed by atoms with Crippen molar-refractivity contribution in [3.05, 3.63) is 66.0 Å². The smallest absolute Gasteiger partial charge is 0.229 e. The van der Waals surface area contributed by atoms with Gasteiger partial charge in [0.15, 0.2) is 5.82 Å². The fourth-order valence-electron chi connectivity index (χ4n) is 7.29. The molecular formula is C29H30BN3O2. The van der Waals surface area contributed by atoms with Crippen LogP contribution in [0.3, 0.4) is 0 Å². The van der Waals surface area contributed by atoms with E-state index in [0.717, 1.165) is 46.7 Å². The molecule has 0 unspecified atom stereocenters. The number of phenols is 1. The molecule has 6 heteroatoms. The normalized spacial score (nSPS) is 26.6. The number of carbonyl (C=O) groups excluding carboxylic acids is 1. The molecule has 4 aliphatic rings. The lowest BCUT2D eigenvalue weighted by molar-refractivity contribution is -0.115. The van der Waals surface area contributed by atoms with Gasteiger partial charge in [0.2, 0.25) is 5.91 Å². The molecule has 0 spiro atoms. The van der Waals surface area contributed by atoms with Gasteiger partial charge >= 0.3 is 0 Å². The third-order valence-corrected chi connectivity index (χ3v) is 8.32. The minimum absolute atomic E-state index is 0.104. The van der Waals surface area contributed by atoms with Crippen LogP contribution in [0.4, 0.5) is 5.82 Å². The molecule has 5 nitrogen and oxygen atoms in total. The standard InChI is InChI=1S/C29H30BN3O2/c30-23-5-1-18(2-6-23)12-27(35)33-28-25(32-26(17-31-28)22-3-7-24(34)8-4-22)16-29-13-19-9-20(14-29)11-21(10-19)15-29/h1-8,17,19-21,34H,9-16H2,(H,31,33,35). The molecule has 0 saturated heterocycles. The SMILES string of the molecule is [B]c1ccc(CC(=O)Nc2ncc(-c3ccc(O)cc3)nc2CC23CC4CC(CC(C4)C2)C3)cc1. The second-order valence-corrected chi connectivity index (χ2v) is 11.2. The monoisotopic (exact) mass is 463 g/mol. The molecule has 2 aromatic carbocycles.